The zero-order valence-electron chi connectivity index (χ0n) is 26.5. The lowest BCUT2D eigenvalue weighted by Crippen LogP contribution is -2.58. The van der Waals surface area contributed by atoms with Crippen LogP contribution < -0.4 is 5.32 Å². The van der Waals surface area contributed by atoms with Crippen LogP contribution in [0.4, 0.5) is 4.79 Å². The highest BCUT2D eigenvalue weighted by atomic mass is 16.6. The molecule has 3 amide bonds. The van der Waals surface area contributed by atoms with Crippen molar-refractivity contribution < 1.29 is 39.1 Å². The molecule has 1 saturated heterocycles. The average Bonchev–Trinajstić information content (AvgIpc) is 3.38. The number of hydroxylamine groups is 2. The van der Waals surface area contributed by atoms with Crippen molar-refractivity contribution in [3.63, 3.8) is 0 Å². The fourth-order valence-corrected chi connectivity index (χ4v) is 7.06. The highest BCUT2D eigenvalue weighted by Crippen LogP contribution is 2.45. The lowest BCUT2D eigenvalue weighted by atomic mass is 10.0. The third kappa shape index (κ3) is 5.97. The summed E-state index contributed by atoms with van der Waals surface area (Å²) in [5, 5.41) is 28.4. The topological polar surface area (TPSA) is 158 Å². The van der Waals surface area contributed by atoms with E-state index in [1.165, 1.54) is 11.0 Å². The van der Waals surface area contributed by atoms with Crippen molar-refractivity contribution in [1.82, 2.24) is 15.3 Å². The fraction of sp³-hybridized carbons (Fsp3) is 0.457. The summed E-state index contributed by atoms with van der Waals surface area (Å²) in [7, 11) is 0. The summed E-state index contributed by atoms with van der Waals surface area (Å²) in [5.41, 5.74) is 2.90. The van der Waals surface area contributed by atoms with Crippen LogP contribution in [0.5, 0.6) is 0 Å². The van der Waals surface area contributed by atoms with Crippen LogP contribution in [0, 0.1) is 11.8 Å². The van der Waals surface area contributed by atoms with Crippen LogP contribution in [0.3, 0.4) is 0 Å². The third-order valence-electron chi connectivity index (χ3n) is 9.73. The lowest BCUT2D eigenvalue weighted by Gasteiger charge is -2.33. The number of hydrogen-bond acceptors (Lipinski definition) is 8. The number of nitrogens with one attached hydrogen (secondary N) is 1. The summed E-state index contributed by atoms with van der Waals surface area (Å²) in [6.45, 7) is 6.94. The van der Waals surface area contributed by atoms with Gasteiger partial charge in [-0.1, -0.05) is 73.6 Å². The number of likely N-dealkylation sites (tertiary alicyclic amines) is 1. The number of rotatable bonds is 10. The molecular formula is C35H40N4O8. The maximum Gasteiger partial charge on any atom is 0.434 e. The molecule has 2 aromatic rings. The molecule has 0 unspecified atom stereocenters. The molecule has 0 bridgehead atoms. The number of benzene rings is 2. The first-order valence-electron chi connectivity index (χ1n) is 16.2. The molecule has 248 valence electrons. The van der Waals surface area contributed by atoms with Crippen LogP contribution >= 0.6 is 0 Å². The van der Waals surface area contributed by atoms with Gasteiger partial charge in [-0.2, -0.15) is 5.06 Å². The SMILES string of the molecule is C=C[C@@H]1C[C@@]1(NC(=O)[C@@H]1C[C@@H](ON=C2c3ccccc3-c3ccccc32)CN1C(=O)[C@@H](C(C)C)N(O)C(=O)OC1CCCC1)C(=O)O. The molecule has 12 nitrogen and oxygen atoms in total. The van der Waals surface area contributed by atoms with Gasteiger partial charge in [-0.25, -0.2) is 9.59 Å². The van der Waals surface area contributed by atoms with E-state index in [2.05, 4.69) is 17.1 Å². The summed E-state index contributed by atoms with van der Waals surface area (Å²) >= 11 is 0. The summed E-state index contributed by atoms with van der Waals surface area (Å²) in [6, 6.07) is 13.1. The van der Waals surface area contributed by atoms with Gasteiger partial charge in [0, 0.05) is 23.5 Å². The van der Waals surface area contributed by atoms with Crippen LogP contribution in [0.15, 0.2) is 66.3 Å². The van der Waals surface area contributed by atoms with Gasteiger partial charge >= 0.3 is 12.1 Å². The van der Waals surface area contributed by atoms with Gasteiger partial charge in [-0.05, 0) is 49.1 Å². The van der Waals surface area contributed by atoms with Crippen LogP contribution in [0.2, 0.25) is 0 Å². The van der Waals surface area contributed by atoms with Gasteiger partial charge < -0.3 is 24.9 Å². The molecule has 4 aliphatic rings. The minimum Gasteiger partial charge on any atom is -0.479 e. The molecule has 47 heavy (non-hydrogen) atoms. The summed E-state index contributed by atoms with van der Waals surface area (Å²) in [6.07, 6.45) is 2.74. The van der Waals surface area contributed by atoms with E-state index in [1.807, 2.05) is 48.5 Å². The summed E-state index contributed by atoms with van der Waals surface area (Å²) in [5.74, 6) is -3.58. The monoisotopic (exact) mass is 644 g/mol. The van der Waals surface area contributed by atoms with Crippen molar-refractivity contribution in [2.45, 2.75) is 82.2 Å². The number of amides is 3. The van der Waals surface area contributed by atoms with Crippen molar-refractivity contribution >= 4 is 29.6 Å². The maximum atomic E-state index is 14.2. The molecule has 3 fully saturated rings. The second kappa shape index (κ2) is 12.8. The number of hydrogen-bond donors (Lipinski definition) is 3. The van der Waals surface area contributed by atoms with Crippen molar-refractivity contribution in [2.75, 3.05) is 6.54 Å². The number of ether oxygens (including phenoxy) is 1. The van der Waals surface area contributed by atoms with Gasteiger partial charge in [-0.15, -0.1) is 6.58 Å². The Balaban J connectivity index is 1.26. The molecule has 6 rings (SSSR count). The number of carbonyl (C=O) groups excluding carboxylic acids is 3. The van der Waals surface area contributed by atoms with Gasteiger partial charge in [0.05, 0.1) is 6.54 Å². The Bertz CT molecular complexity index is 1570. The van der Waals surface area contributed by atoms with Gasteiger partial charge in [0.25, 0.3) is 0 Å². The quantitative estimate of drug-likeness (QED) is 0.167. The van der Waals surface area contributed by atoms with E-state index in [9.17, 15) is 29.5 Å². The molecule has 0 spiro atoms. The Morgan fingerprint density at radius 2 is 1.62 bits per heavy atom. The van der Waals surface area contributed by atoms with Crippen molar-refractivity contribution in [3.05, 3.63) is 72.3 Å². The molecule has 2 aromatic carbocycles. The van der Waals surface area contributed by atoms with E-state index in [1.54, 1.807) is 13.8 Å². The molecule has 3 N–H and O–H groups in total. The number of carboxylic acid groups (broad SMARTS) is 1. The minimum absolute atomic E-state index is 0.00880. The van der Waals surface area contributed by atoms with Crippen molar-refractivity contribution in [2.24, 2.45) is 17.0 Å². The van der Waals surface area contributed by atoms with Gasteiger partial charge in [0.15, 0.2) is 0 Å². The maximum absolute atomic E-state index is 14.2. The number of carboxylic acids is 1. The Labute approximate surface area is 273 Å². The normalized spacial score (nSPS) is 25.1. The van der Waals surface area contributed by atoms with E-state index in [0.717, 1.165) is 35.1 Å². The van der Waals surface area contributed by atoms with Crippen LogP contribution in [-0.4, -0.2) is 86.2 Å². The molecule has 12 heteroatoms. The average molecular weight is 645 g/mol. The van der Waals surface area contributed by atoms with Crippen molar-refractivity contribution in [3.8, 4) is 11.1 Å². The van der Waals surface area contributed by atoms with E-state index < -0.39 is 59.4 Å². The molecule has 0 radical (unpaired) electrons. The van der Waals surface area contributed by atoms with E-state index in [-0.39, 0.29) is 25.5 Å². The lowest BCUT2D eigenvalue weighted by molar-refractivity contribution is -0.164. The van der Waals surface area contributed by atoms with Gasteiger partial charge in [0.2, 0.25) is 11.8 Å². The Morgan fingerprint density at radius 3 is 2.15 bits per heavy atom. The molecule has 3 aliphatic carbocycles. The molecule has 5 atom stereocenters. The molecule has 1 heterocycles. The number of carbonyl (C=O) groups is 4. The first-order chi connectivity index (χ1) is 22.6. The Hall–Kier alpha value is -4.71. The van der Waals surface area contributed by atoms with E-state index >= 15 is 0 Å². The standard InChI is InChI=1S/C35H40N4O8/c1-4-21-18-35(21,33(42)43)36-31(40)28-17-23(47-37-29-26-15-9-7-13-24(26)25-14-8-10-16-27(25)29)19-38(28)32(41)30(20(2)3)39(45)34(44)46-22-11-5-6-12-22/h4,7-10,13-16,20-23,28,30,45H,1,5-6,11-12,17-19H2,2-3H3,(H,36,40)(H,42,43)/t21-,23-,28+,30-,35+/m1/s1. The Morgan fingerprint density at radius 1 is 1.02 bits per heavy atom. The number of aliphatic carboxylic acids is 1. The van der Waals surface area contributed by atoms with Crippen LogP contribution in [0.25, 0.3) is 11.1 Å². The summed E-state index contributed by atoms with van der Waals surface area (Å²) < 4.78 is 5.46. The number of fused-ring (bicyclic) bond motifs is 3. The zero-order valence-corrected chi connectivity index (χ0v) is 26.5. The van der Waals surface area contributed by atoms with E-state index in [4.69, 9.17) is 9.57 Å². The van der Waals surface area contributed by atoms with Crippen LogP contribution in [0.1, 0.15) is 63.5 Å². The minimum atomic E-state index is -1.52. The highest BCUT2D eigenvalue weighted by molar-refractivity contribution is 6.24. The zero-order chi connectivity index (χ0) is 33.5. The first-order valence-corrected chi connectivity index (χ1v) is 16.2. The Kier molecular flexibility index (Phi) is 8.80. The smallest absolute Gasteiger partial charge is 0.434 e. The second-order valence-corrected chi connectivity index (χ2v) is 13.1. The summed E-state index contributed by atoms with van der Waals surface area (Å²) in [4.78, 5) is 60.3. The van der Waals surface area contributed by atoms with Gasteiger partial charge in [-0.3, -0.25) is 14.8 Å². The predicted molar refractivity (Wildman–Crippen MR) is 170 cm³/mol. The third-order valence-corrected chi connectivity index (χ3v) is 9.73. The molecular weight excluding hydrogens is 604 g/mol. The largest absolute Gasteiger partial charge is 0.479 e. The first kappa shape index (κ1) is 32.2. The molecule has 1 aliphatic heterocycles. The fourth-order valence-electron chi connectivity index (χ4n) is 7.06. The van der Waals surface area contributed by atoms with Gasteiger partial charge in [0.1, 0.15) is 35.5 Å². The predicted octanol–water partition coefficient (Wildman–Crippen LogP) is 4.35. The van der Waals surface area contributed by atoms with Crippen molar-refractivity contribution in [1.29, 1.82) is 0 Å². The molecule has 0 aromatic heterocycles. The second-order valence-electron chi connectivity index (χ2n) is 13.1. The van der Waals surface area contributed by atoms with Crippen LogP contribution in [-0.2, 0) is 24.0 Å². The molecule has 2 saturated carbocycles. The highest BCUT2D eigenvalue weighted by Gasteiger charge is 2.61. The number of oxime groups is 1. The number of nitrogens with zero attached hydrogens (tertiary/aromatic N) is 3. The van der Waals surface area contributed by atoms with E-state index in [0.29, 0.717) is 23.6 Å².